The zero-order chi connectivity index (χ0) is 13.6. The number of aliphatic hydroxyl groups is 1. The maximum Gasteiger partial charge on any atom is 0.319 e. The van der Waals surface area contributed by atoms with E-state index < -0.39 is 5.54 Å². The second kappa shape index (κ2) is 6.26. The van der Waals surface area contributed by atoms with Gasteiger partial charge in [-0.1, -0.05) is 19.1 Å². The van der Waals surface area contributed by atoms with Crippen LogP contribution in [0.2, 0.25) is 0 Å². The van der Waals surface area contributed by atoms with Crippen LogP contribution in [-0.2, 0) is 0 Å². The molecule has 0 bridgehead atoms. The minimum atomic E-state index is -0.619. The van der Waals surface area contributed by atoms with Gasteiger partial charge in [-0.25, -0.2) is 4.79 Å². The van der Waals surface area contributed by atoms with Crippen LogP contribution in [0.4, 0.5) is 10.5 Å². The van der Waals surface area contributed by atoms with Crippen LogP contribution >= 0.6 is 0 Å². The highest BCUT2D eigenvalue weighted by Crippen LogP contribution is 2.23. The van der Waals surface area contributed by atoms with E-state index in [-0.39, 0.29) is 12.6 Å². The number of carbonyl (C=O) groups is 1. The number of para-hydroxylation sites is 2. The highest BCUT2D eigenvalue weighted by Gasteiger charge is 2.23. The molecule has 5 heteroatoms. The Labute approximate surface area is 107 Å². The highest BCUT2D eigenvalue weighted by atomic mass is 16.5. The number of hydrogen-bond donors (Lipinski definition) is 3. The van der Waals surface area contributed by atoms with Crippen LogP contribution in [0, 0.1) is 0 Å². The number of benzene rings is 1. The molecule has 0 spiro atoms. The minimum absolute atomic E-state index is 0.108. The van der Waals surface area contributed by atoms with Gasteiger partial charge in [0.1, 0.15) is 5.75 Å². The van der Waals surface area contributed by atoms with Crippen LogP contribution in [0.3, 0.4) is 0 Å². The number of hydrogen-bond acceptors (Lipinski definition) is 3. The van der Waals surface area contributed by atoms with Gasteiger partial charge in [0.25, 0.3) is 0 Å². The fourth-order valence-electron chi connectivity index (χ4n) is 1.42. The molecular weight excluding hydrogens is 232 g/mol. The summed E-state index contributed by atoms with van der Waals surface area (Å²) in [5, 5.41) is 14.7. The molecule has 1 unspecified atom stereocenters. The van der Waals surface area contributed by atoms with Gasteiger partial charge in [0.2, 0.25) is 0 Å². The lowest BCUT2D eigenvalue weighted by Gasteiger charge is -2.27. The molecule has 0 heterocycles. The Morgan fingerprint density at radius 3 is 2.67 bits per heavy atom. The smallest absolute Gasteiger partial charge is 0.319 e. The second-order valence-electron chi connectivity index (χ2n) is 4.35. The Kier molecular flexibility index (Phi) is 4.97. The standard InChI is InChI=1S/C13H20N2O3/c1-4-13(2,9-16)15-12(17)14-10-7-5-6-8-11(10)18-3/h5-8,16H,4,9H2,1-3H3,(H2,14,15,17). The molecule has 1 aromatic rings. The number of rotatable bonds is 5. The molecule has 0 aromatic heterocycles. The summed E-state index contributed by atoms with van der Waals surface area (Å²) in [5.74, 6) is 0.592. The summed E-state index contributed by atoms with van der Waals surface area (Å²) in [5.41, 5.74) is -0.0274. The molecule has 0 saturated heterocycles. The Bertz CT molecular complexity index is 403. The predicted molar refractivity (Wildman–Crippen MR) is 70.9 cm³/mol. The third-order valence-electron chi connectivity index (χ3n) is 2.90. The van der Waals surface area contributed by atoms with E-state index in [0.29, 0.717) is 17.9 Å². The zero-order valence-electron chi connectivity index (χ0n) is 11.0. The van der Waals surface area contributed by atoms with Crippen molar-refractivity contribution in [3.8, 4) is 5.75 Å². The van der Waals surface area contributed by atoms with Crippen LogP contribution in [0.25, 0.3) is 0 Å². The first kappa shape index (κ1) is 14.3. The third-order valence-corrected chi connectivity index (χ3v) is 2.90. The minimum Gasteiger partial charge on any atom is -0.495 e. The van der Waals surface area contributed by atoms with E-state index in [2.05, 4.69) is 10.6 Å². The number of nitrogens with one attached hydrogen (secondary N) is 2. The second-order valence-corrected chi connectivity index (χ2v) is 4.35. The molecule has 0 radical (unpaired) electrons. The van der Waals surface area contributed by atoms with Gasteiger partial charge in [0.15, 0.2) is 0 Å². The average Bonchev–Trinajstić information content (AvgIpc) is 2.39. The van der Waals surface area contributed by atoms with Gasteiger partial charge in [-0.2, -0.15) is 0 Å². The SMILES string of the molecule is CCC(C)(CO)NC(=O)Nc1ccccc1OC. The van der Waals surface area contributed by atoms with Gasteiger partial charge in [0.05, 0.1) is 24.9 Å². The quantitative estimate of drug-likeness (QED) is 0.750. The number of aliphatic hydroxyl groups excluding tert-OH is 1. The summed E-state index contributed by atoms with van der Waals surface area (Å²) >= 11 is 0. The summed E-state index contributed by atoms with van der Waals surface area (Å²) in [6.07, 6.45) is 0.642. The highest BCUT2D eigenvalue weighted by molar-refractivity contribution is 5.91. The molecule has 18 heavy (non-hydrogen) atoms. The van der Waals surface area contributed by atoms with Gasteiger partial charge in [-0.3, -0.25) is 0 Å². The first-order chi connectivity index (χ1) is 8.54. The number of ether oxygens (including phenoxy) is 1. The number of methoxy groups -OCH3 is 1. The monoisotopic (exact) mass is 252 g/mol. The van der Waals surface area contributed by atoms with E-state index in [1.165, 1.54) is 0 Å². The van der Waals surface area contributed by atoms with E-state index in [9.17, 15) is 9.90 Å². The molecule has 5 nitrogen and oxygen atoms in total. The number of anilines is 1. The molecule has 1 aromatic carbocycles. The van der Waals surface area contributed by atoms with E-state index >= 15 is 0 Å². The van der Waals surface area contributed by atoms with Gasteiger partial charge in [-0.05, 0) is 25.5 Å². The lowest BCUT2D eigenvalue weighted by Crippen LogP contribution is -2.50. The van der Waals surface area contributed by atoms with Crippen molar-refractivity contribution in [2.75, 3.05) is 19.0 Å². The molecule has 0 saturated carbocycles. The number of carbonyl (C=O) groups excluding carboxylic acids is 1. The number of amides is 2. The van der Waals surface area contributed by atoms with Crippen molar-refractivity contribution in [1.82, 2.24) is 5.32 Å². The number of urea groups is 1. The largest absolute Gasteiger partial charge is 0.495 e. The Hall–Kier alpha value is -1.75. The maximum absolute atomic E-state index is 11.8. The molecule has 100 valence electrons. The van der Waals surface area contributed by atoms with Crippen molar-refractivity contribution in [1.29, 1.82) is 0 Å². The molecule has 1 rings (SSSR count). The van der Waals surface area contributed by atoms with E-state index in [0.717, 1.165) is 0 Å². The topological polar surface area (TPSA) is 70.6 Å². The third kappa shape index (κ3) is 3.63. The summed E-state index contributed by atoms with van der Waals surface area (Å²) in [4.78, 5) is 11.8. The van der Waals surface area contributed by atoms with Crippen molar-refractivity contribution < 1.29 is 14.6 Å². The molecule has 1 atom stereocenters. The van der Waals surface area contributed by atoms with Gasteiger partial charge >= 0.3 is 6.03 Å². The lowest BCUT2D eigenvalue weighted by atomic mass is 10.0. The van der Waals surface area contributed by atoms with Gasteiger partial charge in [0, 0.05) is 0 Å². The maximum atomic E-state index is 11.8. The first-order valence-corrected chi connectivity index (χ1v) is 5.87. The van der Waals surface area contributed by atoms with E-state index in [4.69, 9.17) is 4.74 Å². The lowest BCUT2D eigenvalue weighted by molar-refractivity contribution is 0.172. The summed E-state index contributed by atoms with van der Waals surface area (Å²) in [7, 11) is 1.54. The Morgan fingerprint density at radius 1 is 1.44 bits per heavy atom. The van der Waals surface area contributed by atoms with Crippen LogP contribution in [0.5, 0.6) is 5.75 Å². The van der Waals surface area contributed by atoms with Crippen molar-refractivity contribution in [3.05, 3.63) is 24.3 Å². The van der Waals surface area contributed by atoms with Crippen molar-refractivity contribution in [3.63, 3.8) is 0 Å². The summed E-state index contributed by atoms with van der Waals surface area (Å²) in [6.45, 7) is 3.58. The predicted octanol–water partition coefficient (Wildman–Crippen LogP) is 1.98. The summed E-state index contributed by atoms with van der Waals surface area (Å²) in [6, 6.07) is 6.79. The molecular formula is C13H20N2O3. The van der Waals surface area contributed by atoms with Crippen molar-refractivity contribution in [2.45, 2.75) is 25.8 Å². The zero-order valence-corrected chi connectivity index (χ0v) is 11.0. The molecule has 0 aliphatic carbocycles. The fourth-order valence-corrected chi connectivity index (χ4v) is 1.42. The molecule has 0 fully saturated rings. The Morgan fingerprint density at radius 2 is 2.11 bits per heavy atom. The van der Waals surface area contributed by atoms with E-state index in [1.54, 1.807) is 26.2 Å². The molecule has 0 aliphatic rings. The van der Waals surface area contributed by atoms with E-state index in [1.807, 2.05) is 19.1 Å². The molecule has 0 aliphatic heterocycles. The van der Waals surface area contributed by atoms with Gasteiger partial charge < -0.3 is 20.5 Å². The first-order valence-electron chi connectivity index (χ1n) is 5.87. The molecule has 3 N–H and O–H groups in total. The summed E-state index contributed by atoms with van der Waals surface area (Å²) < 4.78 is 5.14. The normalized spacial score (nSPS) is 13.6. The van der Waals surface area contributed by atoms with Gasteiger partial charge in [-0.15, -0.1) is 0 Å². The van der Waals surface area contributed by atoms with Crippen LogP contribution in [0.1, 0.15) is 20.3 Å². The van der Waals surface area contributed by atoms with Crippen LogP contribution in [-0.4, -0.2) is 30.4 Å². The fraction of sp³-hybridized carbons (Fsp3) is 0.462. The Balaban J connectivity index is 2.70. The van der Waals surface area contributed by atoms with Crippen LogP contribution in [0.15, 0.2) is 24.3 Å². The van der Waals surface area contributed by atoms with Crippen molar-refractivity contribution in [2.24, 2.45) is 0 Å². The average molecular weight is 252 g/mol. The van der Waals surface area contributed by atoms with Crippen LogP contribution < -0.4 is 15.4 Å². The molecule has 2 amide bonds. The van der Waals surface area contributed by atoms with Crippen molar-refractivity contribution >= 4 is 11.7 Å².